The Morgan fingerprint density at radius 3 is 0.750 bits per heavy atom. The Balaban J connectivity index is 0. The van der Waals surface area contributed by atoms with Gasteiger partial charge >= 0.3 is 89.1 Å². The van der Waals surface area contributed by atoms with Crippen molar-refractivity contribution in [2.75, 3.05) is 0 Å². The first-order valence-corrected chi connectivity index (χ1v) is 0. The molecular weight excluding hydrogens is 150 g/mol. The van der Waals surface area contributed by atoms with Gasteiger partial charge < -0.3 is 24.8 Å². The van der Waals surface area contributed by atoms with Gasteiger partial charge in [-0.3, -0.25) is 0 Å². The van der Waals surface area contributed by atoms with E-state index in [2.05, 4.69) is 0 Å². The summed E-state index contributed by atoms with van der Waals surface area (Å²) in [4.78, 5) is 0. The molecule has 0 nitrogen and oxygen atoms in total. The van der Waals surface area contributed by atoms with Crippen molar-refractivity contribution in [2.45, 2.75) is 0 Å². The van der Waals surface area contributed by atoms with E-state index < -0.39 is 0 Å². The monoisotopic (exact) mass is 150 g/mol. The average Bonchev–Trinajstić information content (AvgIpc) is 0. The summed E-state index contributed by atoms with van der Waals surface area (Å²) in [5.41, 5.74) is 0. The fraction of sp³-hybridized carbons (Fsp3) is 0. The molecule has 0 aliphatic carbocycles. The first kappa shape index (κ1) is 25.9. The molecule has 4 heteroatoms. The van der Waals surface area contributed by atoms with E-state index >= 15 is 0 Å². The van der Waals surface area contributed by atoms with Gasteiger partial charge in [0.25, 0.3) is 0 Å². The van der Waals surface area contributed by atoms with Gasteiger partial charge in [0.05, 0.1) is 0 Å². The Morgan fingerprint density at radius 1 is 0.750 bits per heavy atom. The third kappa shape index (κ3) is 9.08. The van der Waals surface area contributed by atoms with Crippen molar-refractivity contribution < 1.29 is 24.8 Å². The first-order valence-electron chi connectivity index (χ1n) is 0. The summed E-state index contributed by atoms with van der Waals surface area (Å²) in [6.07, 6.45) is 0. The van der Waals surface area contributed by atoms with Crippen LogP contribution in [0.5, 0.6) is 0 Å². The second-order valence-corrected chi connectivity index (χ2v) is 0. The molecule has 0 aliphatic rings. The van der Waals surface area contributed by atoms with Crippen LogP contribution >= 0.6 is 0 Å². The van der Waals surface area contributed by atoms with Crippen LogP contribution in [0, 0.1) is 0 Å². The minimum atomic E-state index is 0. The molecule has 0 amide bonds. The standard InChI is InChI=1S/Ca.2ClH.K.H/h;2*1H;;/q+2;;;;/p-2. The molecule has 0 aromatic rings. The van der Waals surface area contributed by atoms with Crippen molar-refractivity contribution in [3.8, 4) is 0 Å². The third-order valence-electron chi connectivity index (χ3n) is 0. The zero-order valence-electron chi connectivity index (χ0n) is 1.46. The molecule has 0 unspecified atom stereocenters. The Kier molecular flexibility index (Phi) is 104. The van der Waals surface area contributed by atoms with Crippen LogP contribution in [0.15, 0.2) is 0 Å². The van der Waals surface area contributed by atoms with Crippen molar-refractivity contribution in [3.05, 3.63) is 0 Å². The quantitative estimate of drug-likeness (QED) is 0.302. The van der Waals surface area contributed by atoms with Crippen LogP contribution in [0.1, 0.15) is 0 Å². The maximum absolute atomic E-state index is 0. The fourth-order valence-electron chi connectivity index (χ4n) is 0. The van der Waals surface area contributed by atoms with E-state index in [0.29, 0.717) is 0 Å². The molecule has 0 rings (SSSR count). The summed E-state index contributed by atoms with van der Waals surface area (Å²) in [6, 6.07) is 0. The second kappa shape index (κ2) is 16.1. The molecule has 0 saturated carbocycles. The summed E-state index contributed by atoms with van der Waals surface area (Å²) in [6.45, 7) is 0. The Labute approximate surface area is 111 Å². The van der Waals surface area contributed by atoms with Gasteiger partial charge in [-0.1, -0.05) is 0 Å². The summed E-state index contributed by atoms with van der Waals surface area (Å²) in [7, 11) is 0. The van der Waals surface area contributed by atoms with E-state index in [1.54, 1.807) is 0 Å². The van der Waals surface area contributed by atoms with Crippen molar-refractivity contribution >= 4 is 89.1 Å². The molecule has 0 fully saturated rings. The van der Waals surface area contributed by atoms with E-state index in [-0.39, 0.29) is 114 Å². The molecule has 0 N–H and O–H groups in total. The van der Waals surface area contributed by atoms with Crippen molar-refractivity contribution in [1.82, 2.24) is 0 Å². The van der Waals surface area contributed by atoms with E-state index in [1.165, 1.54) is 0 Å². The van der Waals surface area contributed by atoms with Crippen LogP contribution < -0.4 is 24.8 Å². The van der Waals surface area contributed by atoms with Crippen LogP contribution in [0.2, 0.25) is 0 Å². The first-order chi connectivity index (χ1) is 0. The topological polar surface area (TPSA) is 0 Å². The minimum absolute atomic E-state index is 0. The normalized spacial score (nSPS) is 0. The van der Waals surface area contributed by atoms with Crippen LogP contribution in [0.3, 0.4) is 0 Å². The predicted octanol–water partition coefficient (Wildman–Crippen LogP) is -7.02. The second-order valence-electron chi connectivity index (χ2n) is 0. The molecule has 0 saturated heterocycles. The molecule has 0 aliphatic heterocycles. The van der Waals surface area contributed by atoms with Gasteiger partial charge in [-0.25, -0.2) is 0 Å². The van der Waals surface area contributed by atoms with Crippen molar-refractivity contribution in [3.63, 3.8) is 0 Å². The summed E-state index contributed by atoms with van der Waals surface area (Å²) in [5, 5.41) is 0. The Hall–Kier alpha value is 3.48. The van der Waals surface area contributed by atoms with Crippen molar-refractivity contribution in [1.29, 1.82) is 0 Å². The van der Waals surface area contributed by atoms with E-state index in [1.807, 2.05) is 0 Å². The Morgan fingerprint density at radius 2 is 0.750 bits per heavy atom. The molecule has 18 valence electrons. The zero-order valence-corrected chi connectivity index (χ0v) is 5.18. The van der Waals surface area contributed by atoms with Gasteiger partial charge in [-0.15, -0.1) is 0 Å². The third-order valence-corrected chi connectivity index (χ3v) is 0. The fourth-order valence-corrected chi connectivity index (χ4v) is 0. The molecule has 4 heavy (non-hydrogen) atoms. The molecule has 0 bridgehead atoms. The van der Waals surface area contributed by atoms with Gasteiger partial charge in [0.1, 0.15) is 0 Å². The maximum atomic E-state index is 0. The van der Waals surface area contributed by atoms with E-state index in [4.69, 9.17) is 0 Å². The molecule has 0 radical (unpaired) electrons. The molecule has 0 aromatic heterocycles. The average molecular weight is 151 g/mol. The predicted molar refractivity (Wildman–Crippen MR) is 12.9 cm³/mol. The molecule has 0 atom stereocenters. The molecule has 0 heterocycles. The van der Waals surface area contributed by atoms with Crippen LogP contribution in [-0.4, -0.2) is 89.1 Å². The van der Waals surface area contributed by atoms with Crippen LogP contribution in [0.4, 0.5) is 0 Å². The van der Waals surface area contributed by atoms with Crippen molar-refractivity contribution in [2.24, 2.45) is 0 Å². The van der Waals surface area contributed by atoms with Gasteiger partial charge in [0, 0.05) is 0 Å². The zero-order chi connectivity index (χ0) is 0. The summed E-state index contributed by atoms with van der Waals surface area (Å²) in [5.74, 6) is 0. The number of hydrogen-bond donors (Lipinski definition) is 0. The SMILES string of the molecule is [Ca+2].[Cl-].[Cl-].[KH]. The van der Waals surface area contributed by atoms with Crippen LogP contribution in [0.25, 0.3) is 0 Å². The van der Waals surface area contributed by atoms with Gasteiger partial charge in [-0.05, 0) is 0 Å². The van der Waals surface area contributed by atoms with Crippen LogP contribution in [-0.2, 0) is 0 Å². The van der Waals surface area contributed by atoms with E-state index in [0.717, 1.165) is 0 Å². The van der Waals surface area contributed by atoms with Gasteiger partial charge in [-0.2, -0.15) is 0 Å². The molecule has 0 aromatic carbocycles. The molecular formula is HCaCl2K. The number of hydrogen-bond acceptors (Lipinski definition) is 0. The number of rotatable bonds is 0. The Bertz CT molecular complexity index is 6.00. The summed E-state index contributed by atoms with van der Waals surface area (Å²) < 4.78 is 0. The van der Waals surface area contributed by atoms with Gasteiger partial charge in [0.15, 0.2) is 0 Å². The molecule has 0 spiro atoms. The van der Waals surface area contributed by atoms with E-state index in [9.17, 15) is 0 Å². The summed E-state index contributed by atoms with van der Waals surface area (Å²) >= 11 is 0. The van der Waals surface area contributed by atoms with Gasteiger partial charge in [0.2, 0.25) is 0 Å². The number of halogens is 2.